The molecule has 0 saturated heterocycles. The molecule has 0 radical (unpaired) electrons. The summed E-state index contributed by atoms with van der Waals surface area (Å²) in [6.07, 6.45) is 0. The normalized spacial score (nSPS) is 9.93. The summed E-state index contributed by atoms with van der Waals surface area (Å²) in [5, 5.41) is 0. The summed E-state index contributed by atoms with van der Waals surface area (Å²) in [6, 6.07) is 7.75. The molecule has 0 bridgehead atoms. The summed E-state index contributed by atoms with van der Waals surface area (Å²) < 4.78 is 30.3. The van der Waals surface area contributed by atoms with Gasteiger partial charge in [-0.1, -0.05) is 18.2 Å². The fourth-order valence-corrected chi connectivity index (χ4v) is 1.42. The zero-order chi connectivity index (χ0) is 10.6. The Kier molecular flexibility index (Phi) is 5.89. The number of carbonyl (C=O) groups excluding carboxylic acids is 1. The van der Waals surface area contributed by atoms with Gasteiger partial charge in [-0.2, -0.15) is 0 Å². The first-order chi connectivity index (χ1) is 6.49. The van der Waals surface area contributed by atoms with E-state index in [1.807, 2.05) is 0 Å². The van der Waals surface area contributed by atoms with Gasteiger partial charge in [-0.15, -0.1) is 8.42 Å². The van der Waals surface area contributed by atoms with Crippen molar-refractivity contribution in [3.05, 3.63) is 30.3 Å². The minimum absolute atomic E-state index is 0. The second kappa shape index (κ2) is 6.12. The molecule has 0 unspecified atom stereocenters. The third-order valence-corrected chi connectivity index (χ3v) is 2.00. The van der Waals surface area contributed by atoms with Crippen LogP contribution in [0.2, 0.25) is 0 Å². The van der Waals surface area contributed by atoms with Crippen molar-refractivity contribution in [2.45, 2.75) is 6.92 Å². The van der Waals surface area contributed by atoms with Crippen molar-refractivity contribution in [2.75, 3.05) is 0 Å². The average Bonchev–Trinajstić information content (AvgIpc) is 2.02. The van der Waals surface area contributed by atoms with Gasteiger partial charge in [0.25, 0.3) is 0 Å². The monoisotopic (exact) mass is 240 g/mol. The zero-order valence-electron chi connectivity index (χ0n) is 7.34. The van der Waals surface area contributed by atoms with E-state index in [4.69, 9.17) is 0 Å². The molecule has 0 aliphatic heterocycles. The molecule has 0 spiro atoms. The Labute approximate surface area is 110 Å². The molecule has 1 aromatic carbocycles. The van der Waals surface area contributed by atoms with Crippen LogP contribution >= 0.6 is 0 Å². The van der Waals surface area contributed by atoms with E-state index in [-0.39, 0.29) is 35.3 Å². The molecule has 0 aliphatic rings. The van der Waals surface area contributed by atoms with Crippen molar-refractivity contribution >= 4 is 45.9 Å². The molecule has 0 aromatic heterocycles. The number of rotatable bonds is 3. The molecule has 0 heterocycles. The van der Waals surface area contributed by atoms with E-state index < -0.39 is 16.4 Å². The van der Waals surface area contributed by atoms with Gasteiger partial charge >= 0.3 is 45.9 Å². The summed E-state index contributed by atoms with van der Waals surface area (Å²) in [6.45, 7) is 0.978. The Hall–Kier alpha value is -0.560. The van der Waals surface area contributed by atoms with Crippen molar-refractivity contribution in [1.82, 2.24) is 0 Å². The SMILES string of the molecule is CC(=O)OS(=O)(=O)Oc1ccccc1.[NaH]. The summed E-state index contributed by atoms with van der Waals surface area (Å²) in [7, 11) is -4.28. The number of carbonyl (C=O) groups is 1. The van der Waals surface area contributed by atoms with Crippen LogP contribution in [-0.4, -0.2) is 43.9 Å². The molecular formula is C8H9NaO5S. The van der Waals surface area contributed by atoms with E-state index in [9.17, 15) is 13.2 Å². The maximum atomic E-state index is 10.9. The molecule has 0 amide bonds. The summed E-state index contributed by atoms with van der Waals surface area (Å²) >= 11 is 0. The fraction of sp³-hybridized carbons (Fsp3) is 0.125. The predicted molar refractivity (Wildman–Crippen MR) is 54.9 cm³/mol. The van der Waals surface area contributed by atoms with Crippen molar-refractivity contribution in [3.63, 3.8) is 0 Å². The van der Waals surface area contributed by atoms with Crippen LogP contribution in [0.25, 0.3) is 0 Å². The average molecular weight is 240 g/mol. The first-order valence-electron chi connectivity index (χ1n) is 3.69. The molecule has 7 heteroatoms. The van der Waals surface area contributed by atoms with Gasteiger partial charge in [-0.3, -0.25) is 4.79 Å². The number of hydrogen-bond acceptors (Lipinski definition) is 5. The fourth-order valence-electron chi connectivity index (χ4n) is 0.755. The van der Waals surface area contributed by atoms with E-state index in [0.29, 0.717) is 0 Å². The molecule has 1 rings (SSSR count). The van der Waals surface area contributed by atoms with Crippen molar-refractivity contribution in [3.8, 4) is 5.75 Å². The van der Waals surface area contributed by atoms with Crippen LogP contribution in [0, 0.1) is 0 Å². The van der Waals surface area contributed by atoms with Gasteiger partial charge < -0.3 is 8.37 Å². The Morgan fingerprint density at radius 1 is 1.20 bits per heavy atom. The Balaban J connectivity index is 0.00000196. The van der Waals surface area contributed by atoms with Crippen LogP contribution in [0.1, 0.15) is 6.92 Å². The Morgan fingerprint density at radius 3 is 2.20 bits per heavy atom. The molecular weight excluding hydrogens is 231 g/mol. The minimum atomic E-state index is -4.28. The molecule has 0 fully saturated rings. The molecule has 0 atom stereocenters. The van der Waals surface area contributed by atoms with Gasteiger partial charge in [0.05, 0.1) is 0 Å². The Bertz CT molecular complexity index is 414. The van der Waals surface area contributed by atoms with Gasteiger partial charge in [0.15, 0.2) is 0 Å². The summed E-state index contributed by atoms with van der Waals surface area (Å²) in [4.78, 5) is 10.4. The van der Waals surface area contributed by atoms with Gasteiger partial charge in [0.1, 0.15) is 5.75 Å². The third-order valence-electron chi connectivity index (χ3n) is 1.16. The van der Waals surface area contributed by atoms with Gasteiger partial charge in [-0.25, -0.2) is 0 Å². The van der Waals surface area contributed by atoms with Crippen molar-refractivity contribution in [1.29, 1.82) is 0 Å². The summed E-state index contributed by atoms with van der Waals surface area (Å²) in [5.41, 5.74) is 0. The van der Waals surface area contributed by atoms with Crippen LogP contribution in [0.5, 0.6) is 5.75 Å². The van der Waals surface area contributed by atoms with Crippen LogP contribution in [0.15, 0.2) is 30.3 Å². The first-order valence-corrected chi connectivity index (χ1v) is 5.02. The standard InChI is InChI=1S/C8H8O5S.Na.H/c1-7(9)12-14(10,11)13-8-5-3-2-4-6-8;;/h2-6H,1H3;;. The van der Waals surface area contributed by atoms with Crippen LogP contribution in [-0.2, 0) is 19.4 Å². The van der Waals surface area contributed by atoms with Crippen molar-refractivity contribution in [2.24, 2.45) is 0 Å². The van der Waals surface area contributed by atoms with Gasteiger partial charge in [0.2, 0.25) is 0 Å². The molecule has 0 saturated carbocycles. The predicted octanol–water partition coefficient (Wildman–Crippen LogP) is 0.225. The van der Waals surface area contributed by atoms with E-state index in [0.717, 1.165) is 6.92 Å². The Morgan fingerprint density at radius 2 is 1.73 bits per heavy atom. The van der Waals surface area contributed by atoms with Crippen LogP contribution in [0.4, 0.5) is 0 Å². The second-order valence-electron chi connectivity index (χ2n) is 2.38. The van der Waals surface area contributed by atoms with E-state index in [2.05, 4.69) is 8.37 Å². The first kappa shape index (κ1) is 14.4. The zero-order valence-corrected chi connectivity index (χ0v) is 8.15. The van der Waals surface area contributed by atoms with Gasteiger partial charge in [0, 0.05) is 6.92 Å². The van der Waals surface area contributed by atoms with Crippen LogP contribution < -0.4 is 4.18 Å². The number of benzene rings is 1. The number of para-hydroxylation sites is 1. The number of hydrogen-bond donors (Lipinski definition) is 0. The van der Waals surface area contributed by atoms with Gasteiger partial charge in [-0.05, 0) is 12.1 Å². The topological polar surface area (TPSA) is 69.7 Å². The molecule has 1 aromatic rings. The maximum absolute atomic E-state index is 10.9. The molecule has 0 aliphatic carbocycles. The third kappa shape index (κ3) is 5.78. The van der Waals surface area contributed by atoms with Crippen molar-refractivity contribution < 1.29 is 21.6 Å². The quantitative estimate of drug-likeness (QED) is 0.707. The van der Waals surface area contributed by atoms with E-state index in [1.54, 1.807) is 18.2 Å². The summed E-state index contributed by atoms with van der Waals surface area (Å²) in [5.74, 6) is -0.852. The molecule has 78 valence electrons. The van der Waals surface area contributed by atoms with E-state index in [1.165, 1.54) is 12.1 Å². The second-order valence-corrected chi connectivity index (χ2v) is 3.53. The molecule has 5 nitrogen and oxygen atoms in total. The van der Waals surface area contributed by atoms with Crippen LogP contribution in [0.3, 0.4) is 0 Å². The molecule has 15 heavy (non-hydrogen) atoms. The van der Waals surface area contributed by atoms with E-state index >= 15 is 0 Å². The molecule has 0 N–H and O–H groups in total.